The van der Waals surface area contributed by atoms with E-state index in [-0.39, 0.29) is 38.2 Å². The van der Waals surface area contributed by atoms with Crippen LogP contribution >= 0.6 is 0 Å². The van der Waals surface area contributed by atoms with Gasteiger partial charge in [0.2, 0.25) is 0 Å². The Morgan fingerprint density at radius 3 is 0.656 bits per heavy atom. The fourth-order valence-electron chi connectivity index (χ4n) is 15.7. The Morgan fingerprint density at radius 1 is 0.246 bits per heavy atom. The molecule has 122 heavy (non-hydrogen) atoms. The lowest BCUT2D eigenvalue weighted by molar-refractivity contribution is 0.0945. The molecule has 0 spiro atoms. The van der Waals surface area contributed by atoms with Crippen molar-refractivity contribution in [3.05, 3.63) is 228 Å². The summed E-state index contributed by atoms with van der Waals surface area (Å²) in [7, 11) is 0. The van der Waals surface area contributed by atoms with Gasteiger partial charge in [0, 0.05) is 67.3 Å². The molecule has 7 aromatic rings. The molecule has 12 bridgehead atoms. The average Bonchev–Trinajstić information content (AvgIpc) is 0.810. The molecule has 0 saturated carbocycles. The number of hydrogen-bond acceptors (Lipinski definition) is 6. The molecule has 0 saturated heterocycles. The molecule has 8 heteroatoms. The van der Waals surface area contributed by atoms with Crippen LogP contribution in [0.3, 0.4) is 0 Å². The summed E-state index contributed by atoms with van der Waals surface area (Å²) in [6.07, 6.45) is 55.3. The van der Waals surface area contributed by atoms with Gasteiger partial charge in [0.15, 0.2) is 11.5 Å². The van der Waals surface area contributed by atoms with Crippen molar-refractivity contribution in [2.24, 2.45) is 0 Å². The number of unbranched alkanes of at least 4 members (excludes halogenated alkanes) is 38. The number of benzene rings is 6. The smallest absolute Gasteiger partial charge is 0.251 e. The lowest BCUT2D eigenvalue weighted by Gasteiger charge is -2.10. The third-order valence-corrected chi connectivity index (χ3v) is 22.6. The van der Waals surface area contributed by atoms with Crippen LogP contribution in [-0.2, 0) is 25.7 Å². The summed E-state index contributed by atoms with van der Waals surface area (Å²) in [5.41, 5.74) is 5.34. The molecule has 8 nitrogen and oxygen atoms in total. The predicted octanol–water partition coefficient (Wildman–Crippen LogP) is 29.2. The number of ether oxygens (including phenoxy) is 2. The maximum atomic E-state index is 14.6. The minimum atomic E-state index is -0.238. The van der Waals surface area contributed by atoms with Gasteiger partial charge in [-0.25, -0.2) is 0 Å². The van der Waals surface area contributed by atoms with Gasteiger partial charge < -0.3 is 30.3 Å². The molecule has 0 radical (unpaired) electrons. The summed E-state index contributed by atoms with van der Waals surface area (Å²) >= 11 is 0. The fourth-order valence-corrected chi connectivity index (χ4v) is 15.7. The number of hydrogen-bond donors (Lipinski definition) is 4. The van der Waals surface area contributed by atoms with Crippen LogP contribution in [-0.4, -0.2) is 61.5 Å². The maximum absolute atomic E-state index is 14.6. The number of aliphatic hydroxyl groups excluding tert-OH is 2. The number of carbonyl (C=O) groups is 2. The molecule has 7 aromatic carbocycles. The van der Waals surface area contributed by atoms with Crippen LogP contribution in [0, 0.1) is 97.1 Å². The van der Waals surface area contributed by atoms with Crippen molar-refractivity contribution in [2.45, 2.75) is 350 Å². The summed E-state index contributed by atoms with van der Waals surface area (Å²) < 4.78 is 13.0. The van der Waals surface area contributed by atoms with E-state index in [0.29, 0.717) is 57.3 Å². The molecule has 2 amide bonds. The normalized spacial score (nSPS) is 10.6. The summed E-state index contributed by atoms with van der Waals surface area (Å²) in [5, 5.41) is 35.4. The van der Waals surface area contributed by atoms with E-state index in [1.165, 1.54) is 193 Å². The number of nitrogens with one attached hydrogen (secondary N) is 2. The summed E-state index contributed by atoms with van der Waals surface area (Å²) in [6.45, 7) is 14.1. The quantitative estimate of drug-likeness (QED) is 0.0282. The van der Waals surface area contributed by atoms with Gasteiger partial charge in [-0.2, -0.15) is 0 Å². The molecule has 4 N–H and O–H groups in total. The van der Waals surface area contributed by atoms with Gasteiger partial charge in [0.25, 0.3) is 11.8 Å². The van der Waals surface area contributed by atoms with Gasteiger partial charge in [-0.3, -0.25) is 9.59 Å². The number of carbonyl (C=O) groups excluding carboxylic acids is 2. The van der Waals surface area contributed by atoms with Crippen LogP contribution < -0.4 is 20.1 Å². The first-order valence-electron chi connectivity index (χ1n) is 48.1. The second kappa shape index (κ2) is 63.2. The largest absolute Gasteiger partial charge is 0.489 e. The molecule has 0 aliphatic rings. The first kappa shape index (κ1) is 99.4. The van der Waals surface area contributed by atoms with Gasteiger partial charge in [-0.15, -0.1) is 0 Å². The Kier molecular flexibility index (Phi) is 51.5. The maximum Gasteiger partial charge on any atom is 0.251 e. The van der Waals surface area contributed by atoms with Crippen LogP contribution in [0.4, 0.5) is 0 Å². The summed E-state index contributed by atoms with van der Waals surface area (Å²) in [6, 6.07) is 87.1. The van der Waals surface area contributed by atoms with E-state index in [0.717, 1.165) is 181 Å². The van der Waals surface area contributed by atoms with Crippen molar-refractivity contribution in [3.63, 3.8) is 0 Å². The van der Waals surface area contributed by atoms with Crippen LogP contribution in [0.15, 0.2) is 97.1 Å². The van der Waals surface area contributed by atoms with Crippen LogP contribution in [0.25, 0.3) is 64.6 Å². The minimum absolute atomic E-state index is 0.00884. The topological polar surface area (TPSA) is 117 Å². The van der Waals surface area contributed by atoms with Crippen molar-refractivity contribution < 1.29 is 29.3 Å². The monoisotopic (exact) mass is 1640 g/mol. The van der Waals surface area contributed by atoms with Gasteiger partial charge in [0.1, 0.15) is 13.2 Å². The zero-order valence-electron chi connectivity index (χ0n) is 75.9. The molecule has 7 rings (SSSR count). The lowest BCUT2D eigenvalue weighted by atomic mass is 10.0. The Morgan fingerprint density at radius 2 is 0.443 bits per heavy atom. The highest BCUT2D eigenvalue weighted by Crippen LogP contribution is 2.30. The van der Waals surface area contributed by atoms with E-state index in [1.54, 1.807) is 24.3 Å². The Hall–Kier alpha value is -9.74. The molecule has 0 aliphatic carbocycles. The lowest BCUT2D eigenvalue weighted by Crippen LogP contribution is -2.24. The van der Waals surface area contributed by atoms with Crippen molar-refractivity contribution >= 4 is 76.4 Å². The minimum Gasteiger partial charge on any atom is -0.489 e. The highest BCUT2D eigenvalue weighted by molar-refractivity contribution is 6.00. The zero-order valence-corrected chi connectivity index (χ0v) is 75.9. The highest BCUT2D eigenvalue weighted by atomic mass is 16.5. The van der Waals surface area contributed by atoms with Gasteiger partial charge in [0.05, 0.1) is 34.8 Å². The van der Waals surface area contributed by atoms with Gasteiger partial charge >= 0.3 is 0 Å². The molecular formula is C114H146N2O6. The summed E-state index contributed by atoms with van der Waals surface area (Å²) in [5.74, 6) is 0.361. The van der Waals surface area contributed by atoms with E-state index in [2.05, 4.69) is 198 Å². The van der Waals surface area contributed by atoms with E-state index in [9.17, 15) is 19.8 Å². The van der Waals surface area contributed by atoms with Crippen LogP contribution in [0.2, 0.25) is 0 Å². The number of amides is 2. The number of aliphatic hydroxyl groups is 2. The van der Waals surface area contributed by atoms with Crippen molar-refractivity contribution in [3.8, 4) is 11.5 Å². The van der Waals surface area contributed by atoms with Crippen LogP contribution in [0.1, 0.15) is 367 Å². The number of aryl methyl sites for hydroxylation is 4. The first-order chi connectivity index (χ1) is 60.0. The first-order valence-corrected chi connectivity index (χ1v) is 48.1. The third kappa shape index (κ3) is 41.4. The van der Waals surface area contributed by atoms with Crippen molar-refractivity contribution in [1.29, 1.82) is 0 Å². The fraction of sp³-hybridized carbons (Fsp3) is 0.526. The molecule has 0 heterocycles. The summed E-state index contributed by atoms with van der Waals surface area (Å²) in [4.78, 5) is 29.1. The molecule has 0 atom stereocenters. The molecule has 648 valence electrons. The number of rotatable bonds is 58. The molecule has 0 aromatic heterocycles. The van der Waals surface area contributed by atoms with E-state index >= 15 is 0 Å². The van der Waals surface area contributed by atoms with Crippen molar-refractivity contribution in [1.82, 2.24) is 10.6 Å². The Bertz CT molecular complexity index is 4020. The predicted molar refractivity (Wildman–Crippen MR) is 512 cm³/mol. The Labute approximate surface area is 740 Å². The highest BCUT2D eigenvalue weighted by Gasteiger charge is 2.15. The second-order valence-electron chi connectivity index (χ2n) is 33.6. The molecule has 0 unspecified atom stereocenters. The van der Waals surface area contributed by atoms with Gasteiger partial charge in [-0.05, 0) is 208 Å². The molecule has 0 aliphatic heterocycles. The van der Waals surface area contributed by atoms with E-state index in [4.69, 9.17) is 9.47 Å². The standard InChI is InChI=1S/C114H146N2O6/c1-7-13-19-25-31-33-35-37-43-53-71-115-113(119)109-89-105-67-63-101-81-93(55-45-39-27-21-15-9-3)77-97(85-101)59-49-51-61-99-79-95(57-47-41-29-23-17-11-5)83-103(87-99)65-69-107-91-110(114(120)116-72-54-44-38-36-34-32-26-20-14-8-2)92-108(112(107)122-76-74-118)70-66-104-84-96(58-48-42-30-24-18-12-6)80-100(88-104)62-52-50-60-98-78-94(56-46-40-28-22-16-10-4)82-102(86-98)64-68-106(90-109)111(105)121-75-73-117/h77-92,117-118H,7-48,53-58,71-76H2,1-6H3,(H,115,119)(H,116,120). The van der Waals surface area contributed by atoms with E-state index < -0.39 is 0 Å². The average molecular weight is 1640 g/mol. The second-order valence-corrected chi connectivity index (χ2v) is 33.6. The van der Waals surface area contributed by atoms with Crippen molar-refractivity contribution in [2.75, 3.05) is 39.5 Å². The van der Waals surface area contributed by atoms with Gasteiger partial charge in [-0.1, -0.05) is 358 Å². The third-order valence-electron chi connectivity index (χ3n) is 22.6. The SMILES string of the molecule is CCCCCCCCCCCCNC(=O)c1cc2c#cc3cc(CCCCCCCC)cc(c#cc#cc4cc(CCCCCCCC)cc(c#cc5cc(C(=O)NCCCCCCCCCCCC)cc(c#cc6cc(CCCCCCCC)cc(c#cc#cc7cc(CCCCCCCC)cc(c#cc(c1)c2OCCO)c7)c6)c5OCCO)c4)c3. The van der Waals surface area contributed by atoms with E-state index in [1.807, 2.05) is 24.3 Å². The zero-order chi connectivity index (χ0) is 86.3. The molecule has 0 fully saturated rings. The number of fused-ring (bicyclic) bond motifs is 12. The molecular weight excluding hydrogens is 1490 g/mol. The Balaban J connectivity index is 1.50. The van der Waals surface area contributed by atoms with Crippen LogP contribution in [0.5, 0.6) is 11.5 Å².